The van der Waals surface area contributed by atoms with Crippen molar-refractivity contribution in [2.24, 2.45) is 11.8 Å². The summed E-state index contributed by atoms with van der Waals surface area (Å²) >= 11 is 0. The van der Waals surface area contributed by atoms with E-state index in [1.807, 2.05) is 24.3 Å². The van der Waals surface area contributed by atoms with E-state index in [9.17, 15) is 19.5 Å². The van der Waals surface area contributed by atoms with Crippen molar-refractivity contribution in [2.75, 3.05) is 19.7 Å². The number of nitrogens with zero attached hydrogens (tertiary/aromatic N) is 1. The average molecular weight is 449 g/mol. The molecule has 172 valence electrons. The number of carbonyl (C=O) groups excluding carboxylic acids is 2. The molecule has 1 saturated carbocycles. The molecular formula is C26H28N2O5. The molecule has 0 bridgehead atoms. The Hall–Kier alpha value is -3.35. The molecule has 1 unspecified atom stereocenters. The van der Waals surface area contributed by atoms with Gasteiger partial charge in [0, 0.05) is 24.9 Å². The smallest absolute Gasteiger partial charge is 0.408 e. The highest BCUT2D eigenvalue weighted by Gasteiger charge is 2.51. The summed E-state index contributed by atoms with van der Waals surface area (Å²) < 4.78 is 5.64. The van der Waals surface area contributed by atoms with Gasteiger partial charge >= 0.3 is 12.1 Å². The minimum atomic E-state index is -0.931. The van der Waals surface area contributed by atoms with Gasteiger partial charge in [-0.15, -0.1) is 0 Å². The van der Waals surface area contributed by atoms with Gasteiger partial charge in [-0.3, -0.25) is 9.59 Å². The van der Waals surface area contributed by atoms with Crippen LogP contribution in [-0.2, 0) is 14.3 Å². The number of likely N-dealkylation sites (tertiary alicyclic amines) is 1. The molecule has 5 rings (SSSR count). The van der Waals surface area contributed by atoms with E-state index in [1.165, 1.54) is 0 Å². The molecule has 0 spiro atoms. The van der Waals surface area contributed by atoms with E-state index in [-0.39, 0.29) is 24.3 Å². The van der Waals surface area contributed by atoms with Crippen LogP contribution >= 0.6 is 0 Å². The van der Waals surface area contributed by atoms with Gasteiger partial charge in [-0.1, -0.05) is 55.5 Å². The number of carbonyl (C=O) groups is 3. The first-order chi connectivity index (χ1) is 15.9. The number of carboxylic acid groups (broad SMARTS) is 1. The highest BCUT2D eigenvalue weighted by atomic mass is 16.5. The van der Waals surface area contributed by atoms with Gasteiger partial charge in [-0.25, -0.2) is 4.79 Å². The Bertz CT molecular complexity index is 1060. The lowest BCUT2D eigenvalue weighted by molar-refractivity contribution is -0.155. The predicted molar refractivity (Wildman–Crippen MR) is 122 cm³/mol. The second-order valence-corrected chi connectivity index (χ2v) is 9.48. The van der Waals surface area contributed by atoms with E-state index in [2.05, 4.69) is 29.6 Å². The zero-order valence-electron chi connectivity index (χ0n) is 18.6. The van der Waals surface area contributed by atoms with Gasteiger partial charge in [0.05, 0.1) is 5.92 Å². The molecule has 1 atom stereocenters. The second kappa shape index (κ2) is 8.21. The Morgan fingerprint density at radius 3 is 2.15 bits per heavy atom. The number of carboxylic acids is 1. The number of nitrogens with one attached hydrogen (secondary N) is 1. The maximum absolute atomic E-state index is 13.1. The largest absolute Gasteiger partial charge is 0.481 e. The Kier molecular flexibility index (Phi) is 5.35. The summed E-state index contributed by atoms with van der Waals surface area (Å²) in [5, 5.41) is 12.0. The quantitative estimate of drug-likeness (QED) is 0.704. The van der Waals surface area contributed by atoms with Crippen LogP contribution in [0.4, 0.5) is 4.79 Å². The molecule has 0 aromatic heterocycles. The van der Waals surface area contributed by atoms with Crippen LogP contribution in [0.25, 0.3) is 11.1 Å². The van der Waals surface area contributed by atoms with E-state index in [0.29, 0.717) is 25.9 Å². The molecule has 2 N–H and O–H groups in total. The second-order valence-electron chi connectivity index (χ2n) is 9.48. The summed E-state index contributed by atoms with van der Waals surface area (Å²) in [5.41, 5.74) is 3.67. The van der Waals surface area contributed by atoms with Crippen molar-refractivity contribution in [3.8, 4) is 11.1 Å². The number of alkyl carbamates (subject to hydrolysis) is 1. The van der Waals surface area contributed by atoms with E-state index in [1.54, 1.807) is 11.8 Å². The molecule has 7 heteroatoms. The van der Waals surface area contributed by atoms with Gasteiger partial charge in [0.25, 0.3) is 0 Å². The third kappa shape index (κ3) is 3.65. The molecule has 7 nitrogen and oxygen atoms in total. The van der Waals surface area contributed by atoms with Crippen molar-refractivity contribution in [3.63, 3.8) is 0 Å². The predicted octanol–water partition coefficient (Wildman–Crippen LogP) is 3.63. The maximum atomic E-state index is 13.1. The van der Waals surface area contributed by atoms with Crippen LogP contribution in [0.5, 0.6) is 0 Å². The van der Waals surface area contributed by atoms with Gasteiger partial charge in [0.15, 0.2) is 0 Å². The molecule has 1 heterocycles. The summed E-state index contributed by atoms with van der Waals surface area (Å²) in [6.07, 6.45) is 1.43. The summed E-state index contributed by atoms with van der Waals surface area (Å²) in [6, 6.07) is 16.3. The van der Waals surface area contributed by atoms with Crippen LogP contribution in [0.3, 0.4) is 0 Å². The lowest BCUT2D eigenvalue weighted by Crippen LogP contribution is -2.67. The van der Waals surface area contributed by atoms with Crippen molar-refractivity contribution in [3.05, 3.63) is 59.7 Å². The van der Waals surface area contributed by atoms with Gasteiger partial charge < -0.3 is 20.1 Å². The Morgan fingerprint density at radius 2 is 1.64 bits per heavy atom. The first kappa shape index (κ1) is 21.5. The normalized spacial score (nSPS) is 19.5. The molecule has 1 saturated heterocycles. The van der Waals surface area contributed by atoms with E-state index in [0.717, 1.165) is 28.7 Å². The minimum Gasteiger partial charge on any atom is -0.481 e. The standard InChI is InChI=1S/C26H28N2O5/c1-16(23(29)30)17-13-28(14-17)24(31)26(11-6-12-26)27-25(32)33-15-22-20-9-4-2-7-18(20)19-8-3-5-10-21(19)22/h2-5,7-10,16-17,22H,6,11-15H2,1H3,(H,27,32)(H,29,30). The highest BCUT2D eigenvalue weighted by Crippen LogP contribution is 2.44. The summed E-state index contributed by atoms with van der Waals surface area (Å²) in [5.74, 6) is -1.54. The number of aliphatic carboxylic acids is 1. The first-order valence-electron chi connectivity index (χ1n) is 11.5. The summed E-state index contributed by atoms with van der Waals surface area (Å²) in [7, 11) is 0. The van der Waals surface area contributed by atoms with E-state index >= 15 is 0 Å². The fourth-order valence-corrected chi connectivity index (χ4v) is 5.25. The molecular weight excluding hydrogens is 420 g/mol. The SMILES string of the molecule is CC(C(=O)O)C1CN(C(=O)C2(NC(=O)OCC3c4ccccc4-c4ccccc43)CCC2)C1. The molecule has 1 aliphatic heterocycles. The van der Waals surface area contributed by atoms with Crippen LogP contribution in [0.2, 0.25) is 0 Å². The number of amides is 2. The molecule has 2 aromatic carbocycles. The maximum Gasteiger partial charge on any atom is 0.408 e. The fraction of sp³-hybridized carbons (Fsp3) is 0.423. The minimum absolute atomic E-state index is 0.0372. The summed E-state index contributed by atoms with van der Waals surface area (Å²) in [4.78, 5) is 38.7. The zero-order chi connectivity index (χ0) is 23.2. The molecule has 33 heavy (non-hydrogen) atoms. The van der Waals surface area contributed by atoms with E-state index < -0.39 is 23.5 Å². The number of hydrogen-bond donors (Lipinski definition) is 2. The van der Waals surface area contributed by atoms with Gasteiger partial charge in [-0.05, 0) is 41.5 Å². The first-order valence-corrected chi connectivity index (χ1v) is 11.5. The van der Waals surface area contributed by atoms with E-state index in [4.69, 9.17) is 4.74 Å². The third-order valence-electron chi connectivity index (χ3n) is 7.60. The van der Waals surface area contributed by atoms with Gasteiger partial charge in [0.2, 0.25) is 5.91 Å². The molecule has 2 aliphatic carbocycles. The van der Waals surface area contributed by atoms with Crippen LogP contribution in [-0.4, -0.2) is 53.2 Å². The van der Waals surface area contributed by atoms with Crippen molar-refractivity contribution >= 4 is 18.0 Å². The molecule has 2 aromatic rings. The van der Waals surface area contributed by atoms with Crippen LogP contribution in [0, 0.1) is 11.8 Å². The number of benzene rings is 2. The lowest BCUT2D eigenvalue weighted by Gasteiger charge is -2.49. The van der Waals surface area contributed by atoms with Crippen molar-refractivity contribution in [1.82, 2.24) is 10.2 Å². The number of hydrogen-bond acceptors (Lipinski definition) is 4. The molecule has 0 radical (unpaired) electrons. The van der Waals surface area contributed by atoms with Crippen molar-refractivity contribution < 1.29 is 24.2 Å². The number of rotatable bonds is 6. The van der Waals surface area contributed by atoms with Gasteiger partial charge in [-0.2, -0.15) is 0 Å². The fourth-order valence-electron chi connectivity index (χ4n) is 5.25. The third-order valence-corrected chi connectivity index (χ3v) is 7.60. The van der Waals surface area contributed by atoms with Crippen molar-refractivity contribution in [2.45, 2.75) is 37.6 Å². The Morgan fingerprint density at radius 1 is 1.06 bits per heavy atom. The van der Waals surface area contributed by atoms with Gasteiger partial charge in [0.1, 0.15) is 12.1 Å². The number of fused-ring (bicyclic) bond motifs is 3. The average Bonchev–Trinajstić information content (AvgIpc) is 3.07. The Labute approximate surface area is 192 Å². The number of ether oxygens (including phenoxy) is 1. The molecule has 3 aliphatic rings. The topological polar surface area (TPSA) is 95.9 Å². The zero-order valence-corrected chi connectivity index (χ0v) is 18.6. The van der Waals surface area contributed by atoms with Crippen LogP contribution in [0.1, 0.15) is 43.2 Å². The molecule has 2 fully saturated rings. The Balaban J connectivity index is 1.21. The van der Waals surface area contributed by atoms with Crippen LogP contribution in [0.15, 0.2) is 48.5 Å². The van der Waals surface area contributed by atoms with Crippen molar-refractivity contribution in [1.29, 1.82) is 0 Å². The molecule has 2 amide bonds. The van der Waals surface area contributed by atoms with Crippen LogP contribution < -0.4 is 5.32 Å². The highest BCUT2D eigenvalue weighted by molar-refractivity contribution is 5.91. The summed E-state index contributed by atoms with van der Waals surface area (Å²) in [6.45, 7) is 2.70. The monoisotopic (exact) mass is 448 g/mol. The lowest BCUT2D eigenvalue weighted by atomic mass is 9.74.